The van der Waals surface area contributed by atoms with Crippen molar-refractivity contribution in [3.63, 3.8) is 0 Å². The number of hydrogen-bond donors (Lipinski definition) is 0. The largest absolute Gasteiger partial charge is 3.00 e. The summed E-state index contributed by atoms with van der Waals surface area (Å²) in [5, 5.41) is 0. The van der Waals surface area contributed by atoms with E-state index in [0.717, 1.165) is 0 Å². The van der Waals surface area contributed by atoms with Crippen molar-refractivity contribution in [3.05, 3.63) is 6.15 Å². The Bertz CT molecular complexity index is 10.1. The zero-order chi connectivity index (χ0) is 0. The minimum Gasteiger partial charge on any atom is -3.00 e. The van der Waals surface area contributed by atoms with Crippen molar-refractivity contribution in [1.82, 2.24) is 0 Å². The molecule has 0 aliphatic carbocycles. The van der Waals surface area contributed by atoms with Gasteiger partial charge >= 0.3 is 67.1 Å². The summed E-state index contributed by atoms with van der Waals surface area (Å²) in [6.07, 6.45) is 0. The maximum Gasteiger partial charge on any atom is 1.00 e. The van der Waals surface area contributed by atoms with Crippen molar-refractivity contribution in [2.45, 2.75) is 0 Å². The molecule has 0 rings (SSSR count). The van der Waals surface area contributed by atoms with Crippen LogP contribution in [0, 0.1) is 0 Å². The van der Waals surface area contributed by atoms with Crippen LogP contribution in [-0.4, -0.2) is 0 Å². The van der Waals surface area contributed by atoms with Gasteiger partial charge in [-0.15, -0.1) is 0 Å². The molecule has 53 valence electrons. The van der Waals surface area contributed by atoms with Gasteiger partial charge in [0.05, 0.1) is 0 Å². The first kappa shape index (κ1) is 63.7. The van der Waals surface area contributed by atoms with Crippen molar-refractivity contribution >= 4 is 0 Å². The molecule has 0 heterocycles. The quantitative estimate of drug-likeness (QED) is 0.351. The first-order valence-corrected chi connectivity index (χ1v) is 0. The monoisotopic (exact) mass is 613 g/mol. The molecule has 0 N–H and O–H groups in total. The molecule has 0 fully saturated rings. The van der Waals surface area contributed by atoms with Gasteiger partial charge < -0.3 is 6.15 Å². The molecule has 0 aliphatic rings. The van der Waals surface area contributed by atoms with E-state index >= 15 is 0 Å². The Balaban J connectivity index is 0. The number of hydrogen-bond acceptors (Lipinski definition) is 0. The molecular weight excluding hydrogens is 616 g/mol. The van der Waals surface area contributed by atoms with Crippen LogP contribution in [0.5, 0.6) is 0 Å². The van der Waals surface area contributed by atoms with Crippen molar-refractivity contribution in [3.8, 4) is 0 Å². The Morgan fingerprint density at radius 3 is 0.429 bits per heavy atom. The second-order valence-corrected chi connectivity index (χ2v) is 0. The third-order valence-corrected chi connectivity index (χ3v) is 0. The van der Waals surface area contributed by atoms with E-state index in [-0.39, 0.29) is 140 Å². The molecular formula is Ag3NNb3. The van der Waals surface area contributed by atoms with Crippen LogP contribution in [0.3, 0.4) is 0 Å². The first-order valence-electron chi connectivity index (χ1n) is 0. The van der Waals surface area contributed by atoms with Crippen molar-refractivity contribution in [2.24, 2.45) is 0 Å². The summed E-state index contributed by atoms with van der Waals surface area (Å²) in [7, 11) is 0. The van der Waals surface area contributed by atoms with E-state index in [9.17, 15) is 0 Å². The molecule has 0 aliphatic heterocycles. The van der Waals surface area contributed by atoms with E-state index in [2.05, 4.69) is 0 Å². The van der Waals surface area contributed by atoms with E-state index in [1.807, 2.05) is 0 Å². The minimum atomic E-state index is 0. The van der Waals surface area contributed by atoms with Crippen LogP contribution in [0.1, 0.15) is 0 Å². The molecule has 0 aromatic heterocycles. The molecule has 0 bridgehead atoms. The average molecular weight is 616 g/mol. The minimum absolute atomic E-state index is 0. The molecule has 0 saturated heterocycles. The molecule has 0 aromatic carbocycles. The summed E-state index contributed by atoms with van der Waals surface area (Å²) in [6.45, 7) is 0. The number of nitrogens with zero attached hydrogens (tertiary/aromatic N) is 1. The van der Waals surface area contributed by atoms with Crippen LogP contribution in [0.4, 0.5) is 0 Å². The summed E-state index contributed by atoms with van der Waals surface area (Å²) in [5.74, 6) is 0. The van der Waals surface area contributed by atoms with E-state index in [4.69, 9.17) is 0 Å². The van der Waals surface area contributed by atoms with Gasteiger partial charge in [-0.1, -0.05) is 0 Å². The maximum absolute atomic E-state index is 0. The second-order valence-electron chi connectivity index (χ2n) is 0. The maximum atomic E-state index is 0. The van der Waals surface area contributed by atoms with Gasteiger partial charge in [0.15, 0.2) is 0 Å². The SMILES string of the molecule is [Ag+].[Ag+].[Ag+].[N-3].[Nb].[Nb].[Nb]. The topological polar surface area (TPSA) is 30.5 Å². The molecule has 0 amide bonds. The molecule has 7 heteroatoms. The van der Waals surface area contributed by atoms with Gasteiger partial charge in [0, 0.05) is 67.1 Å². The zero-order valence-corrected chi connectivity index (χ0v) is 13.7. The van der Waals surface area contributed by atoms with Crippen LogP contribution >= 0.6 is 0 Å². The van der Waals surface area contributed by atoms with Gasteiger partial charge in [0.2, 0.25) is 0 Å². The van der Waals surface area contributed by atoms with Crippen LogP contribution in [0.25, 0.3) is 6.15 Å². The predicted molar refractivity (Wildman–Crippen MR) is 3.36 cm³/mol. The summed E-state index contributed by atoms with van der Waals surface area (Å²) < 4.78 is 0. The van der Waals surface area contributed by atoms with Gasteiger partial charge in [0.25, 0.3) is 0 Å². The fourth-order valence-electron chi connectivity index (χ4n) is 0. The molecule has 3 radical (unpaired) electrons. The summed E-state index contributed by atoms with van der Waals surface area (Å²) >= 11 is 0. The van der Waals surface area contributed by atoms with Gasteiger partial charge in [-0.3, -0.25) is 0 Å². The Hall–Kier alpha value is 4.40. The fourth-order valence-corrected chi connectivity index (χ4v) is 0. The Morgan fingerprint density at radius 2 is 0.429 bits per heavy atom. The number of rotatable bonds is 0. The van der Waals surface area contributed by atoms with E-state index in [1.54, 1.807) is 0 Å². The van der Waals surface area contributed by atoms with Crippen molar-refractivity contribution < 1.29 is 134 Å². The Morgan fingerprint density at radius 1 is 0.429 bits per heavy atom. The molecule has 1 nitrogen and oxygen atoms in total. The fraction of sp³-hybridized carbons (Fsp3) is 0. The van der Waals surface area contributed by atoms with Gasteiger partial charge in [-0.05, 0) is 0 Å². The smallest absolute Gasteiger partial charge is 1.00 e. The van der Waals surface area contributed by atoms with E-state index in [1.165, 1.54) is 0 Å². The van der Waals surface area contributed by atoms with Crippen LogP contribution in [-0.2, 0) is 134 Å². The molecule has 0 atom stereocenters. The van der Waals surface area contributed by atoms with E-state index in [0.29, 0.717) is 0 Å². The summed E-state index contributed by atoms with van der Waals surface area (Å²) in [5.41, 5.74) is 0. The zero-order valence-electron chi connectivity index (χ0n) is 2.69. The second kappa shape index (κ2) is 47.5. The molecule has 0 aromatic rings. The van der Waals surface area contributed by atoms with Crippen molar-refractivity contribution in [2.75, 3.05) is 0 Å². The average Bonchev–Trinajstić information content (AvgIpc) is 0. The molecule has 0 spiro atoms. The Kier molecular flexibility index (Phi) is 432. The predicted octanol–water partition coefficient (Wildman–Crippen LogP) is 0.274. The van der Waals surface area contributed by atoms with Crippen LogP contribution in [0.15, 0.2) is 0 Å². The Labute approximate surface area is 137 Å². The summed E-state index contributed by atoms with van der Waals surface area (Å²) in [6, 6.07) is 0. The van der Waals surface area contributed by atoms with Gasteiger partial charge in [-0.25, -0.2) is 0 Å². The third kappa shape index (κ3) is 37.9. The first-order chi connectivity index (χ1) is 0. The third-order valence-electron chi connectivity index (χ3n) is 0. The van der Waals surface area contributed by atoms with Gasteiger partial charge in [-0.2, -0.15) is 0 Å². The van der Waals surface area contributed by atoms with Gasteiger partial charge in [0.1, 0.15) is 0 Å². The van der Waals surface area contributed by atoms with E-state index < -0.39 is 0 Å². The van der Waals surface area contributed by atoms with Crippen molar-refractivity contribution in [1.29, 1.82) is 0 Å². The normalized spacial score (nSPS) is 0. The summed E-state index contributed by atoms with van der Waals surface area (Å²) in [4.78, 5) is 0. The molecule has 0 saturated carbocycles. The van der Waals surface area contributed by atoms with Crippen LogP contribution in [0.2, 0.25) is 0 Å². The standard InChI is InChI=1S/3Ag.N.3Nb/q3*+1;-3;;;. The molecule has 7 heavy (non-hydrogen) atoms. The molecule has 0 unspecified atom stereocenters. The van der Waals surface area contributed by atoms with Crippen LogP contribution < -0.4 is 0 Å².